The highest BCUT2D eigenvalue weighted by atomic mass is 32.1. The Morgan fingerprint density at radius 2 is 1.83 bits per heavy atom. The van der Waals surface area contributed by atoms with Gasteiger partial charge in [0.05, 0.1) is 0 Å². The van der Waals surface area contributed by atoms with Crippen molar-refractivity contribution in [3.63, 3.8) is 0 Å². The number of fused-ring (bicyclic) bond motifs is 1. The van der Waals surface area contributed by atoms with Gasteiger partial charge in [0.2, 0.25) is 0 Å². The molecule has 0 amide bonds. The van der Waals surface area contributed by atoms with E-state index >= 15 is 0 Å². The third-order valence-electron chi connectivity index (χ3n) is 1.61. The van der Waals surface area contributed by atoms with E-state index in [0.717, 1.165) is 0 Å². The molecule has 0 fully saturated rings. The SMILES string of the molecule is CC.Cc1ccc2ccsc2c1. The molecule has 0 radical (unpaired) electrons. The molecule has 0 atom stereocenters. The van der Waals surface area contributed by atoms with Crippen LogP contribution in [-0.2, 0) is 0 Å². The minimum atomic E-state index is 1.34. The van der Waals surface area contributed by atoms with Crippen LogP contribution in [-0.4, -0.2) is 0 Å². The summed E-state index contributed by atoms with van der Waals surface area (Å²) in [6.45, 7) is 6.12. The Morgan fingerprint density at radius 3 is 2.58 bits per heavy atom. The Kier molecular flexibility index (Phi) is 3.30. The average Bonchev–Trinajstić information content (AvgIpc) is 2.54. The topological polar surface area (TPSA) is 0 Å². The number of benzene rings is 1. The van der Waals surface area contributed by atoms with Crippen molar-refractivity contribution < 1.29 is 0 Å². The molecule has 1 heteroatoms. The number of hydrogen-bond donors (Lipinski definition) is 0. The standard InChI is InChI=1S/C9H8S.C2H6/c1-7-2-3-8-4-5-10-9(8)6-7;1-2/h2-6H,1H3;1-2H3. The Labute approximate surface area is 77.9 Å². The number of rotatable bonds is 0. The molecule has 0 saturated carbocycles. The van der Waals surface area contributed by atoms with Crippen LogP contribution in [0.3, 0.4) is 0 Å². The second kappa shape index (κ2) is 4.27. The fourth-order valence-electron chi connectivity index (χ4n) is 1.06. The summed E-state index contributed by atoms with van der Waals surface area (Å²) in [5.41, 5.74) is 1.34. The fraction of sp³-hybridized carbons (Fsp3) is 0.273. The van der Waals surface area contributed by atoms with Gasteiger partial charge in [-0.3, -0.25) is 0 Å². The largest absolute Gasteiger partial charge is 0.144 e. The van der Waals surface area contributed by atoms with Crippen LogP contribution in [0.4, 0.5) is 0 Å². The highest BCUT2D eigenvalue weighted by molar-refractivity contribution is 7.17. The van der Waals surface area contributed by atoms with E-state index in [1.54, 1.807) is 11.3 Å². The van der Waals surface area contributed by atoms with E-state index in [2.05, 4.69) is 36.6 Å². The quantitative estimate of drug-likeness (QED) is 0.566. The van der Waals surface area contributed by atoms with Crippen molar-refractivity contribution in [3.05, 3.63) is 35.2 Å². The first kappa shape index (κ1) is 9.27. The molecule has 0 aliphatic carbocycles. The smallest absolute Gasteiger partial charge is 0.0345 e. The molecule has 0 unspecified atom stereocenters. The van der Waals surface area contributed by atoms with Crippen LogP contribution in [0.25, 0.3) is 10.1 Å². The lowest BCUT2D eigenvalue weighted by molar-refractivity contribution is 1.50. The van der Waals surface area contributed by atoms with E-state index in [4.69, 9.17) is 0 Å². The van der Waals surface area contributed by atoms with Crippen molar-refractivity contribution in [3.8, 4) is 0 Å². The lowest BCUT2D eigenvalue weighted by atomic mass is 10.2. The molecule has 12 heavy (non-hydrogen) atoms. The number of thiophene rings is 1. The van der Waals surface area contributed by atoms with Crippen LogP contribution in [0.2, 0.25) is 0 Å². The van der Waals surface area contributed by atoms with E-state index < -0.39 is 0 Å². The molecule has 2 rings (SSSR count). The van der Waals surface area contributed by atoms with Crippen molar-refractivity contribution in [1.82, 2.24) is 0 Å². The number of hydrogen-bond acceptors (Lipinski definition) is 1. The van der Waals surface area contributed by atoms with Crippen molar-refractivity contribution >= 4 is 21.4 Å². The summed E-state index contributed by atoms with van der Waals surface area (Å²) in [5.74, 6) is 0. The minimum Gasteiger partial charge on any atom is -0.144 e. The second-order valence-corrected chi connectivity index (χ2v) is 3.41. The Bertz CT molecular complexity index is 347. The van der Waals surface area contributed by atoms with Crippen molar-refractivity contribution in [2.45, 2.75) is 20.8 Å². The highest BCUT2D eigenvalue weighted by Crippen LogP contribution is 2.20. The zero-order valence-electron chi connectivity index (χ0n) is 7.79. The van der Waals surface area contributed by atoms with Gasteiger partial charge in [0.1, 0.15) is 0 Å². The summed E-state index contributed by atoms with van der Waals surface area (Å²) < 4.78 is 1.39. The Morgan fingerprint density at radius 1 is 1.08 bits per heavy atom. The molecule has 1 heterocycles. The third kappa shape index (κ3) is 1.86. The summed E-state index contributed by atoms with van der Waals surface area (Å²) in [6.07, 6.45) is 0. The monoisotopic (exact) mass is 178 g/mol. The van der Waals surface area contributed by atoms with Gasteiger partial charge in [-0.1, -0.05) is 26.0 Å². The van der Waals surface area contributed by atoms with Gasteiger partial charge in [0.25, 0.3) is 0 Å². The average molecular weight is 178 g/mol. The molecule has 0 aliphatic heterocycles. The first-order chi connectivity index (χ1) is 5.86. The molecule has 2 aromatic rings. The van der Waals surface area contributed by atoms with Gasteiger partial charge in [0, 0.05) is 4.70 Å². The maximum absolute atomic E-state index is 2.22. The van der Waals surface area contributed by atoms with Crippen LogP contribution >= 0.6 is 11.3 Å². The summed E-state index contributed by atoms with van der Waals surface area (Å²) in [5, 5.41) is 3.49. The van der Waals surface area contributed by atoms with Crippen LogP contribution < -0.4 is 0 Å². The van der Waals surface area contributed by atoms with Gasteiger partial charge in [0.15, 0.2) is 0 Å². The van der Waals surface area contributed by atoms with Crippen LogP contribution in [0.1, 0.15) is 19.4 Å². The van der Waals surface area contributed by atoms with Gasteiger partial charge < -0.3 is 0 Å². The molecule has 0 aliphatic rings. The third-order valence-corrected chi connectivity index (χ3v) is 2.49. The first-order valence-electron chi connectivity index (χ1n) is 4.30. The van der Waals surface area contributed by atoms with Gasteiger partial charge in [-0.15, -0.1) is 11.3 Å². The van der Waals surface area contributed by atoms with Gasteiger partial charge in [-0.25, -0.2) is 0 Å². The van der Waals surface area contributed by atoms with E-state index in [0.29, 0.717) is 0 Å². The van der Waals surface area contributed by atoms with Crippen molar-refractivity contribution in [2.75, 3.05) is 0 Å². The van der Waals surface area contributed by atoms with Gasteiger partial charge in [-0.05, 0) is 35.4 Å². The molecule has 1 aromatic heterocycles. The normalized spacial score (nSPS) is 9.25. The van der Waals surface area contributed by atoms with Gasteiger partial charge >= 0.3 is 0 Å². The zero-order chi connectivity index (χ0) is 8.97. The van der Waals surface area contributed by atoms with Crippen molar-refractivity contribution in [1.29, 1.82) is 0 Å². The molecular weight excluding hydrogens is 164 g/mol. The van der Waals surface area contributed by atoms with Gasteiger partial charge in [-0.2, -0.15) is 0 Å². The predicted octanol–water partition coefficient (Wildman–Crippen LogP) is 4.24. The van der Waals surface area contributed by atoms with Crippen molar-refractivity contribution in [2.24, 2.45) is 0 Å². The summed E-state index contributed by atoms with van der Waals surface area (Å²) >= 11 is 1.80. The highest BCUT2D eigenvalue weighted by Gasteiger charge is 1.91. The van der Waals surface area contributed by atoms with E-state index in [1.807, 2.05) is 13.8 Å². The Hall–Kier alpha value is -0.820. The van der Waals surface area contributed by atoms with Crippen LogP contribution in [0.5, 0.6) is 0 Å². The Balaban J connectivity index is 0.000000336. The predicted molar refractivity (Wildman–Crippen MR) is 57.9 cm³/mol. The lowest BCUT2D eigenvalue weighted by Gasteiger charge is -1.89. The summed E-state index contributed by atoms with van der Waals surface area (Å²) in [4.78, 5) is 0. The number of aryl methyl sites for hydroxylation is 1. The molecule has 0 N–H and O–H groups in total. The second-order valence-electron chi connectivity index (χ2n) is 2.46. The molecular formula is C11H14S. The molecule has 1 aromatic carbocycles. The molecule has 0 saturated heterocycles. The zero-order valence-corrected chi connectivity index (χ0v) is 8.61. The maximum atomic E-state index is 2.22. The van der Waals surface area contributed by atoms with Crippen LogP contribution in [0.15, 0.2) is 29.6 Å². The van der Waals surface area contributed by atoms with Crippen LogP contribution in [0, 0.1) is 6.92 Å². The fourth-order valence-corrected chi connectivity index (χ4v) is 1.95. The molecule has 0 spiro atoms. The lowest BCUT2D eigenvalue weighted by Crippen LogP contribution is -1.66. The maximum Gasteiger partial charge on any atom is 0.0345 e. The molecule has 0 bridgehead atoms. The minimum absolute atomic E-state index is 1.34. The summed E-state index contributed by atoms with van der Waals surface area (Å²) in [6, 6.07) is 8.69. The molecule has 0 nitrogen and oxygen atoms in total. The summed E-state index contributed by atoms with van der Waals surface area (Å²) in [7, 11) is 0. The molecule has 64 valence electrons. The van der Waals surface area contributed by atoms with E-state index in [1.165, 1.54) is 15.6 Å². The first-order valence-corrected chi connectivity index (χ1v) is 5.18. The van der Waals surface area contributed by atoms with E-state index in [-0.39, 0.29) is 0 Å². The van der Waals surface area contributed by atoms with E-state index in [9.17, 15) is 0 Å².